The normalized spacial score (nSPS) is 18.9. The van der Waals surface area contributed by atoms with Gasteiger partial charge in [-0.2, -0.15) is 0 Å². The Hall–Kier alpha value is -0.860. The summed E-state index contributed by atoms with van der Waals surface area (Å²) in [7, 11) is 0. The van der Waals surface area contributed by atoms with E-state index in [1.807, 2.05) is 0 Å². The number of rotatable bonds is 6. The minimum atomic E-state index is 0.454. The zero-order valence-electron chi connectivity index (χ0n) is 14.3. The molecule has 1 atom stereocenters. The van der Waals surface area contributed by atoms with Crippen molar-refractivity contribution in [2.45, 2.75) is 65.5 Å². The van der Waals surface area contributed by atoms with Crippen LogP contribution in [0, 0.1) is 13.8 Å². The van der Waals surface area contributed by atoms with Crippen LogP contribution < -0.4 is 5.32 Å². The van der Waals surface area contributed by atoms with Crippen LogP contribution in [-0.4, -0.2) is 30.6 Å². The minimum Gasteiger partial charge on any atom is -0.307 e. The van der Waals surface area contributed by atoms with E-state index in [-0.39, 0.29) is 0 Å². The average Bonchev–Trinajstić information content (AvgIpc) is 2.45. The monoisotopic (exact) mass is 288 g/mol. The van der Waals surface area contributed by atoms with Crippen molar-refractivity contribution in [1.82, 2.24) is 10.2 Å². The molecule has 0 amide bonds. The number of nitrogens with zero attached hydrogens (tertiary/aromatic N) is 1. The van der Waals surface area contributed by atoms with Crippen LogP contribution in [0.5, 0.6) is 0 Å². The van der Waals surface area contributed by atoms with Gasteiger partial charge in [-0.3, -0.25) is 0 Å². The molecule has 118 valence electrons. The second kappa shape index (κ2) is 7.95. The van der Waals surface area contributed by atoms with Gasteiger partial charge in [-0.1, -0.05) is 42.7 Å². The molecule has 0 saturated carbocycles. The standard InChI is InChI=1S/C19H32N2/c1-5-6-9-21-10-7-19(8-11-21)20-17(4)18-13-15(2)12-16(3)14-18/h12-14,17,19-20H,5-11H2,1-4H3. The van der Waals surface area contributed by atoms with Crippen LogP contribution in [0.25, 0.3) is 0 Å². The Labute approximate surface area is 130 Å². The number of nitrogens with one attached hydrogen (secondary N) is 1. The molecular weight excluding hydrogens is 256 g/mol. The number of benzene rings is 1. The van der Waals surface area contributed by atoms with Gasteiger partial charge in [-0.15, -0.1) is 0 Å². The maximum atomic E-state index is 3.84. The SMILES string of the molecule is CCCCN1CCC(NC(C)c2cc(C)cc(C)c2)CC1. The summed E-state index contributed by atoms with van der Waals surface area (Å²) in [6, 6.07) is 8.03. The molecule has 1 aliphatic heterocycles. The van der Waals surface area contributed by atoms with E-state index >= 15 is 0 Å². The van der Waals surface area contributed by atoms with E-state index < -0.39 is 0 Å². The lowest BCUT2D eigenvalue weighted by molar-refractivity contribution is 0.190. The van der Waals surface area contributed by atoms with Gasteiger partial charge in [0, 0.05) is 12.1 Å². The van der Waals surface area contributed by atoms with E-state index in [0.29, 0.717) is 12.1 Å². The predicted molar refractivity (Wildman–Crippen MR) is 91.8 cm³/mol. The summed E-state index contributed by atoms with van der Waals surface area (Å²) in [6.45, 7) is 12.8. The predicted octanol–water partition coefficient (Wildman–Crippen LogP) is 4.22. The second-order valence-corrected chi connectivity index (χ2v) is 6.78. The fourth-order valence-corrected chi connectivity index (χ4v) is 3.41. The zero-order valence-corrected chi connectivity index (χ0v) is 14.3. The largest absolute Gasteiger partial charge is 0.307 e. The first-order valence-electron chi connectivity index (χ1n) is 8.65. The maximum Gasteiger partial charge on any atom is 0.0294 e. The summed E-state index contributed by atoms with van der Waals surface area (Å²) < 4.78 is 0. The van der Waals surface area contributed by atoms with Gasteiger partial charge < -0.3 is 10.2 Å². The number of unbranched alkanes of at least 4 members (excludes halogenated alkanes) is 1. The van der Waals surface area contributed by atoms with Crippen molar-refractivity contribution in [3.8, 4) is 0 Å². The topological polar surface area (TPSA) is 15.3 Å². The molecule has 2 heteroatoms. The highest BCUT2D eigenvalue weighted by molar-refractivity contribution is 5.30. The summed E-state index contributed by atoms with van der Waals surface area (Å²) >= 11 is 0. The van der Waals surface area contributed by atoms with Crippen LogP contribution in [0.1, 0.15) is 62.3 Å². The molecule has 2 nitrogen and oxygen atoms in total. The van der Waals surface area contributed by atoms with Crippen LogP contribution in [0.4, 0.5) is 0 Å². The van der Waals surface area contributed by atoms with Crippen LogP contribution in [0.15, 0.2) is 18.2 Å². The van der Waals surface area contributed by atoms with Gasteiger partial charge in [0.2, 0.25) is 0 Å². The quantitative estimate of drug-likeness (QED) is 0.843. The molecule has 2 rings (SSSR count). The van der Waals surface area contributed by atoms with Crippen molar-refractivity contribution in [3.05, 3.63) is 34.9 Å². The van der Waals surface area contributed by atoms with Crippen LogP contribution in [0.3, 0.4) is 0 Å². The molecule has 1 saturated heterocycles. The highest BCUT2D eigenvalue weighted by atomic mass is 15.1. The Balaban J connectivity index is 1.82. The summed E-state index contributed by atoms with van der Waals surface area (Å²) in [5.74, 6) is 0. The lowest BCUT2D eigenvalue weighted by Crippen LogP contribution is -2.43. The van der Waals surface area contributed by atoms with E-state index in [9.17, 15) is 0 Å². The van der Waals surface area contributed by atoms with Gasteiger partial charge in [0.1, 0.15) is 0 Å². The van der Waals surface area contributed by atoms with Crippen molar-refractivity contribution in [2.75, 3.05) is 19.6 Å². The third kappa shape index (κ3) is 5.12. The third-order valence-corrected chi connectivity index (χ3v) is 4.65. The summed E-state index contributed by atoms with van der Waals surface area (Å²) in [6.07, 6.45) is 5.23. The highest BCUT2D eigenvalue weighted by Gasteiger charge is 2.20. The molecule has 1 heterocycles. The minimum absolute atomic E-state index is 0.454. The smallest absolute Gasteiger partial charge is 0.0294 e. The van der Waals surface area contributed by atoms with Crippen LogP contribution in [0.2, 0.25) is 0 Å². The van der Waals surface area contributed by atoms with Crippen molar-refractivity contribution in [3.63, 3.8) is 0 Å². The Morgan fingerprint density at radius 1 is 1.14 bits per heavy atom. The molecule has 1 aromatic carbocycles. The first-order chi connectivity index (χ1) is 10.1. The number of aryl methyl sites for hydroxylation is 2. The average molecular weight is 288 g/mol. The van der Waals surface area contributed by atoms with Gasteiger partial charge in [0.25, 0.3) is 0 Å². The molecule has 0 radical (unpaired) electrons. The number of likely N-dealkylation sites (tertiary alicyclic amines) is 1. The number of piperidine rings is 1. The molecule has 0 spiro atoms. The number of hydrogen-bond donors (Lipinski definition) is 1. The van der Waals surface area contributed by atoms with Gasteiger partial charge in [0.15, 0.2) is 0 Å². The lowest BCUT2D eigenvalue weighted by Gasteiger charge is -2.34. The molecule has 21 heavy (non-hydrogen) atoms. The van der Waals surface area contributed by atoms with E-state index in [2.05, 4.69) is 56.1 Å². The third-order valence-electron chi connectivity index (χ3n) is 4.65. The van der Waals surface area contributed by atoms with Gasteiger partial charge in [0.05, 0.1) is 0 Å². The Morgan fingerprint density at radius 3 is 2.33 bits per heavy atom. The van der Waals surface area contributed by atoms with Crippen molar-refractivity contribution >= 4 is 0 Å². The fourth-order valence-electron chi connectivity index (χ4n) is 3.41. The molecular formula is C19H32N2. The molecule has 0 aliphatic carbocycles. The molecule has 1 aliphatic rings. The number of hydrogen-bond acceptors (Lipinski definition) is 2. The van der Waals surface area contributed by atoms with E-state index in [4.69, 9.17) is 0 Å². The Kier molecular flexibility index (Phi) is 6.25. The van der Waals surface area contributed by atoms with Crippen molar-refractivity contribution in [1.29, 1.82) is 0 Å². The highest BCUT2D eigenvalue weighted by Crippen LogP contribution is 2.20. The zero-order chi connectivity index (χ0) is 15.2. The first kappa shape index (κ1) is 16.5. The molecule has 1 fully saturated rings. The van der Waals surface area contributed by atoms with E-state index in [1.165, 1.54) is 62.0 Å². The second-order valence-electron chi connectivity index (χ2n) is 6.78. The fraction of sp³-hybridized carbons (Fsp3) is 0.684. The maximum absolute atomic E-state index is 3.84. The van der Waals surface area contributed by atoms with Crippen molar-refractivity contribution < 1.29 is 0 Å². The van der Waals surface area contributed by atoms with Crippen LogP contribution in [-0.2, 0) is 0 Å². The summed E-state index contributed by atoms with van der Waals surface area (Å²) in [5.41, 5.74) is 4.17. The van der Waals surface area contributed by atoms with Crippen LogP contribution >= 0.6 is 0 Å². The Bertz CT molecular complexity index is 413. The summed E-state index contributed by atoms with van der Waals surface area (Å²) in [4.78, 5) is 2.63. The molecule has 0 bridgehead atoms. The van der Waals surface area contributed by atoms with Gasteiger partial charge in [-0.25, -0.2) is 0 Å². The lowest BCUT2D eigenvalue weighted by atomic mass is 9.99. The molecule has 1 aromatic rings. The molecule has 0 aromatic heterocycles. The van der Waals surface area contributed by atoms with E-state index in [0.717, 1.165) is 0 Å². The first-order valence-corrected chi connectivity index (χ1v) is 8.65. The van der Waals surface area contributed by atoms with Gasteiger partial charge in [-0.05, 0) is 65.2 Å². The molecule has 1 unspecified atom stereocenters. The molecule has 1 N–H and O–H groups in total. The van der Waals surface area contributed by atoms with E-state index in [1.54, 1.807) is 0 Å². The van der Waals surface area contributed by atoms with Gasteiger partial charge >= 0.3 is 0 Å². The summed E-state index contributed by atoms with van der Waals surface area (Å²) in [5, 5.41) is 3.84. The Morgan fingerprint density at radius 2 is 1.76 bits per heavy atom. The van der Waals surface area contributed by atoms with Crippen molar-refractivity contribution in [2.24, 2.45) is 0 Å².